The van der Waals surface area contributed by atoms with Gasteiger partial charge in [0, 0.05) is 26.2 Å². The minimum Gasteiger partial charge on any atom is -0.397 e. The number of aryl methyl sites for hydroxylation is 1. The monoisotopic (exact) mass is 375 g/mol. The van der Waals surface area contributed by atoms with Crippen molar-refractivity contribution >= 4 is 17.4 Å². The molecule has 3 heterocycles. The minimum atomic E-state index is -2.61. The van der Waals surface area contributed by atoms with E-state index >= 15 is 0 Å². The molecule has 0 spiro atoms. The molecule has 0 aliphatic carbocycles. The van der Waals surface area contributed by atoms with Crippen LogP contribution in [0.5, 0.6) is 0 Å². The summed E-state index contributed by atoms with van der Waals surface area (Å²) >= 11 is 0. The van der Waals surface area contributed by atoms with Gasteiger partial charge >= 0.3 is 0 Å². The first-order valence-corrected chi connectivity index (χ1v) is 8.19. The number of aromatic nitrogens is 3. The maximum absolute atomic E-state index is 12.8. The van der Waals surface area contributed by atoms with E-state index in [-0.39, 0.29) is 31.1 Å². The average molecular weight is 375 g/mol. The van der Waals surface area contributed by atoms with Crippen LogP contribution in [-0.2, 0) is 7.05 Å². The first-order valence-electron chi connectivity index (χ1n) is 8.19. The average Bonchev–Trinajstić information content (AvgIpc) is 2.95. The second-order valence-electron chi connectivity index (χ2n) is 6.31. The molecule has 0 saturated carbocycles. The lowest BCUT2D eigenvalue weighted by Crippen LogP contribution is -2.57. The van der Waals surface area contributed by atoms with Crippen LogP contribution >= 0.6 is 0 Å². The number of likely N-dealkylation sites (tertiary alicyclic amines) is 1. The van der Waals surface area contributed by atoms with Crippen molar-refractivity contribution in [2.75, 3.05) is 37.6 Å². The maximum Gasteiger partial charge on any atom is 0.272 e. The van der Waals surface area contributed by atoms with E-state index in [0.29, 0.717) is 23.5 Å². The van der Waals surface area contributed by atoms with Crippen molar-refractivity contribution in [2.45, 2.75) is 5.92 Å². The lowest BCUT2D eigenvalue weighted by molar-refractivity contribution is -0.129. The molecule has 0 bridgehead atoms. The summed E-state index contributed by atoms with van der Waals surface area (Å²) in [5.74, 6) is 2.99. The highest BCUT2D eigenvalue weighted by Crippen LogP contribution is 2.25. The second-order valence-corrected chi connectivity index (χ2v) is 6.31. The number of rotatable bonds is 4. The molecule has 1 fully saturated rings. The summed E-state index contributed by atoms with van der Waals surface area (Å²) in [5, 5.41) is 6.78. The first-order chi connectivity index (χ1) is 12.7. The number of hydrogen-bond donors (Lipinski definition) is 3. The molecule has 2 aromatic heterocycles. The largest absolute Gasteiger partial charge is 0.397 e. The van der Waals surface area contributed by atoms with Gasteiger partial charge in [-0.05, 0) is 12.0 Å². The van der Waals surface area contributed by atoms with E-state index in [1.807, 2.05) is 0 Å². The van der Waals surface area contributed by atoms with E-state index in [1.54, 1.807) is 18.0 Å². The van der Waals surface area contributed by atoms with Crippen LogP contribution in [0, 0.1) is 11.8 Å². The number of alkyl halides is 2. The number of pyridine rings is 1. The van der Waals surface area contributed by atoms with Crippen molar-refractivity contribution in [1.82, 2.24) is 25.0 Å². The van der Waals surface area contributed by atoms with Gasteiger partial charge in [0.05, 0.1) is 30.5 Å². The van der Waals surface area contributed by atoms with Gasteiger partial charge in [0.2, 0.25) is 0 Å². The summed E-state index contributed by atoms with van der Waals surface area (Å²) in [6, 6.07) is 3.15. The highest BCUT2D eigenvalue weighted by molar-refractivity contribution is 5.92. The SMILES string of the molecule is Cn1nc(C(=O)NCCN2CC(F)(F)C2)cc1C#Cc1cc(N)cnc1N. The van der Waals surface area contributed by atoms with Crippen LogP contribution in [0.25, 0.3) is 0 Å². The van der Waals surface area contributed by atoms with E-state index in [0.717, 1.165) is 0 Å². The van der Waals surface area contributed by atoms with Gasteiger partial charge in [0.1, 0.15) is 11.5 Å². The summed E-state index contributed by atoms with van der Waals surface area (Å²) < 4.78 is 27.0. The van der Waals surface area contributed by atoms with E-state index in [2.05, 4.69) is 27.2 Å². The molecule has 5 N–H and O–H groups in total. The molecule has 10 heteroatoms. The van der Waals surface area contributed by atoms with Gasteiger partial charge < -0.3 is 16.8 Å². The van der Waals surface area contributed by atoms with Gasteiger partial charge in [-0.3, -0.25) is 14.4 Å². The lowest BCUT2D eigenvalue weighted by atomic mass is 10.1. The van der Waals surface area contributed by atoms with E-state index < -0.39 is 11.8 Å². The summed E-state index contributed by atoms with van der Waals surface area (Å²) in [6.45, 7) is 0.0862. The molecule has 0 aromatic carbocycles. The summed E-state index contributed by atoms with van der Waals surface area (Å²) in [5.41, 5.74) is 13.0. The van der Waals surface area contributed by atoms with Crippen LogP contribution in [0.4, 0.5) is 20.3 Å². The fraction of sp³-hybridized carbons (Fsp3) is 0.353. The Labute approximate surface area is 154 Å². The molecule has 2 aromatic rings. The molecule has 3 rings (SSSR count). The molecule has 1 aliphatic heterocycles. The summed E-state index contributed by atoms with van der Waals surface area (Å²) in [7, 11) is 1.66. The molecular formula is C17H19F2N7O. The third kappa shape index (κ3) is 4.51. The van der Waals surface area contributed by atoms with Crippen molar-refractivity contribution in [3.63, 3.8) is 0 Å². The van der Waals surface area contributed by atoms with E-state index in [4.69, 9.17) is 11.5 Å². The predicted octanol–water partition coefficient (Wildman–Crippen LogP) is 0.0600. The normalized spacial score (nSPS) is 15.5. The number of carbonyl (C=O) groups excluding carboxylic acids is 1. The zero-order valence-electron chi connectivity index (χ0n) is 14.7. The Morgan fingerprint density at radius 1 is 1.33 bits per heavy atom. The number of anilines is 2. The van der Waals surface area contributed by atoms with Crippen molar-refractivity contribution < 1.29 is 13.6 Å². The van der Waals surface area contributed by atoms with Crippen LogP contribution in [0.1, 0.15) is 21.7 Å². The number of nitrogen functional groups attached to an aromatic ring is 2. The molecule has 0 atom stereocenters. The standard InChI is InChI=1S/C17H19F2N7O/c1-25-13(3-2-11-6-12(20)8-23-15(11)21)7-14(24-25)16(27)22-4-5-26-9-17(18,19)10-26/h6-8H,4-5,9-10,20H2,1H3,(H2,21,23)(H,22,27). The Morgan fingerprint density at radius 2 is 2.07 bits per heavy atom. The highest BCUT2D eigenvalue weighted by Gasteiger charge is 2.43. The first kappa shape index (κ1) is 18.6. The number of hydrogen-bond acceptors (Lipinski definition) is 6. The zero-order valence-corrected chi connectivity index (χ0v) is 14.7. The Hall–Kier alpha value is -3.19. The Kier molecular flexibility index (Phi) is 4.96. The third-order valence-electron chi connectivity index (χ3n) is 4.00. The zero-order chi connectivity index (χ0) is 19.6. The molecular weight excluding hydrogens is 356 g/mol. The molecule has 27 heavy (non-hydrogen) atoms. The minimum absolute atomic E-state index is 0.189. The Balaban J connectivity index is 1.60. The number of amides is 1. The fourth-order valence-corrected chi connectivity index (χ4v) is 2.60. The molecule has 142 valence electrons. The predicted molar refractivity (Wildman–Crippen MR) is 96.0 cm³/mol. The van der Waals surface area contributed by atoms with Crippen LogP contribution in [-0.4, -0.2) is 57.7 Å². The van der Waals surface area contributed by atoms with Gasteiger partial charge in [-0.15, -0.1) is 0 Å². The van der Waals surface area contributed by atoms with Gasteiger partial charge in [0.25, 0.3) is 11.8 Å². The molecule has 0 unspecified atom stereocenters. The third-order valence-corrected chi connectivity index (χ3v) is 4.00. The fourth-order valence-electron chi connectivity index (χ4n) is 2.60. The second kappa shape index (κ2) is 7.20. The van der Waals surface area contributed by atoms with Crippen LogP contribution in [0.15, 0.2) is 18.3 Å². The molecule has 1 aliphatic rings. The van der Waals surface area contributed by atoms with Gasteiger partial charge in [0.15, 0.2) is 5.69 Å². The quantitative estimate of drug-likeness (QED) is 0.651. The molecule has 0 radical (unpaired) electrons. The van der Waals surface area contributed by atoms with Crippen molar-refractivity contribution in [3.8, 4) is 11.8 Å². The van der Waals surface area contributed by atoms with E-state index in [9.17, 15) is 13.6 Å². The molecule has 8 nitrogen and oxygen atoms in total. The number of nitrogens with one attached hydrogen (secondary N) is 1. The summed E-state index contributed by atoms with van der Waals surface area (Å²) in [6.07, 6.45) is 1.44. The topological polar surface area (TPSA) is 115 Å². The number of carbonyl (C=O) groups is 1. The van der Waals surface area contributed by atoms with Crippen LogP contribution in [0.3, 0.4) is 0 Å². The Morgan fingerprint density at radius 3 is 2.78 bits per heavy atom. The van der Waals surface area contributed by atoms with Crippen LogP contribution < -0.4 is 16.8 Å². The molecule has 1 saturated heterocycles. The number of nitrogens with zero attached hydrogens (tertiary/aromatic N) is 4. The highest BCUT2D eigenvalue weighted by atomic mass is 19.3. The maximum atomic E-state index is 12.8. The van der Waals surface area contributed by atoms with E-state index in [1.165, 1.54) is 16.9 Å². The van der Waals surface area contributed by atoms with Crippen molar-refractivity contribution in [2.24, 2.45) is 7.05 Å². The smallest absolute Gasteiger partial charge is 0.272 e. The number of halogens is 2. The molecule has 1 amide bonds. The van der Waals surface area contributed by atoms with Crippen LogP contribution in [0.2, 0.25) is 0 Å². The van der Waals surface area contributed by atoms with Gasteiger partial charge in [-0.2, -0.15) is 5.10 Å². The lowest BCUT2D eigenvalue weighted by Gasteiger charge is -2.38. The van der Waals surface area contributed by atoms with Gasteiger partial charge in [-0.25, -0.2) is 13.8 Å². The van der Waals surface area contributed by atoms with Crippen molar-refractivity contribution in [1.29, 1.82) is 0 Å². The van der Waals surface area contributed by atoms with Gasteiger partial charge in [-0.1, -0.05) is 5.92 Å². The number of nitrogens with two attached hydrogens (primary N) is 2. The van der Waals surface area contributed by atoms with Crippen molar-refractivity contribution in [3.05, 3.63) is 35.3 Å². The Bertz CT molecular complexity index is 921. The summed E-state index contributed by atoms with van der Waals surface area (Å²) in [4.78, 5) is 17.6.